The van der Waals surface area contributed by atoms with Gasteiger partial charge in [0.2, 0.25) is 0 Å². The second kappa shape index (κ2) is 5.36. The Hall–Kier alpha value is -0.950. The molecule has 0 saturated carbocycles. The van der Waals surface area contributed by atoms with Crippen molar-refractivity contribution in [1.29, 1.82) is 0 Å². The highest BCUT2D eigenvalue weighted by Gasteiger charge is 2.20. The molecular formula is C11H11ClN2O2S2. The lowest BCUT2D eigenvalue weighted by atomic mass is 10.1. The summed E-state index contributed by atoms with van der Waals surface area (Å²) in [7, 11) is -3.57. The van der Waals surface area contributed by atoms with Gasteiger partial charge in [-0.2, -0.15) is 0 Å². The Morgan fingerprint density at radius 1 is 1.33 bits per heavy atom. The molecule has 0 fully saturated rings. The quantitative estimate of drug-likeness (QED) is 0.945. The number of aromatic nitrogens is 1. The van der Waals surface area contributed by atoms with Gasteiger partial charge in [0.15, 0.2) is 8.68 Å². The van der Waals surface area contributed by atoms with E-state index in [1.165, 1.54) is 6.20 Å². The molecule has 0 aliphatic carbocycles. The molecule has 2 rings (SSSR count). The van der Waals surface area contributed by atoms with Crippen LogP contribution in [0, 0.1) is 0 Å². The molecule has 0 aliphatic rings. The maximum Gasteiger partial charge on any atom is 0.252 e. The minimum absolute atomic E-state index is 0.121. The molecule has 2 aromatic rings. The fourth-order valence-electron chi connectivity index (χ4n) is 1.46. The molecular weight excluding hydrogens is 292 g/mol. The number of hydrogen-bond acceptors (Lipinski definition) is 4. The first-order chi connectivity index (χ1) is 8.49. The molecule has 0 radical (unpaired) electrons. The van der Waals surface area contributed by atoms with Crippen LogP contribution >= 0.6 is 22.9 Å². The Morgan fingerprint density at radius 3 is 2.56 bits per heavy atom. The molecule has 1 N–H and O–H groups in total. The van der Waals surface area contributed by atoms with E-state index < -0.39 is 10.0 Å². The normalized spacial score (nSPS) is 13.4. The van der Waals surface area contributed by atoms with E-state index in [1.54, 1.807) is 6.92 Å². The second-order valence-electron chi connectivity index (χ2n) is 3.69. The highest BCUT2D eigenvalue weighted by Crippen LogP contribution is 2.24. The minimum atomic E-state index is -3.57. The molecule has 1 aromatic heterocycles. The fourth-order valence-corrected chi connectivity index (χ4v) is 4.01. The van der Waals surface area contributed by atoms with Crippen LogP contribution in [-0.4, -0.2) is 13.4 Å². The van der Waals surface area contributed by atoms with E-state index in [-0.39, 0.29) is 14.7 Å². The smallest absolute Gasteiger partial charge is 0.232 e. The summed E-state index contributed by atoms with van der Waals surface area (Å²) >= 11 is 6.57. The predicted octanol–water partition coefficient (Wildman–Crippen LogP) is 2.84. The number of thiazole rings is 1. The summed E-state index contributed by atoms with van der Waals surface area (Å²) in [6, 6.07) is 9.04. The Kier molecular flexibility index (Phi) is 4.01. The van der Waals surface area contributed by atoms with Crippen LogP contribution in [0.1, 0.15) is 18.5 Å². The molecule has 1 heterocycles. The molecule has 18 heavy (non-hydrogen) atoms. The minimum Gasteiger partial charge on any atom is -0.232 e. The second-order valence-corrected chi connectivity index (χ2v) is 7.24. The summed E-state index contributed by atoms with van der Waals surface area (Å²) in [6.45, 7) is 1.79. The van der Waals surface area contributed by atoms with Crippen molar-refractivity contribution in [3.8, 4) is 0 Å². The van der Waals surface area contributed by atoms with Crippen LogP contribution in [0.15, 0.2) is 40.7 Å². The van der Waals surface area contributed by atoms with Crippen molar-refractivity contribution in [3.05, 3.63) is 46.6 Å². The molecule has 0 bridgehead atoms. The first kappa shape index (κ1) is 13.5. The maximum absolute atomic E-state index is 12.0. The molecule has 0 aliphatic heterocycles. The third-order valence-electron chi connectivity index (χ3n) is 2.35. The van der Waals surface area contributed by atoms with E-state index in [2.05, 4.69) is 9.71 Å². The number of nitrogens with zero attached hydrogens (tertiary/aromatic N) is 1. The standard InChI is InChI=1S/C11H11ClN2O2S2/c1-8(9-5-3-2-4-6-9)14-18(15,16)10-7-13-11(12)17-10/h2-8,14H,1H3/t8-/m0/s1. The zero-order valence-corrected chi connectivity index (χ0v) is 11.9. The molecule has 0 spiro atoms. The zero-order valence-electron chi connectivity index (χ0n) is 9.50. The number of hydrogen-bond donors (Lipinski definition) is 1. The van der Waals surface area contributed by atoms with Crippen molar-refractivity contribution in [1.82, 2.24) is 9.71 Å². The molecule has 1 atom stereocenters. The van der Waals surface area contributed by atoms with Crippen molar-refractivity contribution in [2.75, 3.05) is 0 Å². The molecule has 0 saturated heterocycles. The SMILES string of the molecule is C[C@H](NS(=O)(=O)c1cnc(Cl)s1)c1ccccc1. The molecule has 96 valence electrons. The Morgan fingerprint density at radius 2 is 2.00 bits per heavy atom. The van der Waals surface area contributed by atoms with Gasteiger partial charge in [0.1, 0.15) is 0 Å². The Bertz CT molecular complexity index is 626. The molecule has 0 unspecified atom stereocenters. The number of benzene rings is 1. The summed E-state index contributed by atoms with van der Waals surface area (Å²) < 4.78 is 27.0. The van der Waals surface area contributed by atoms with E-state index >= 15 is 0 Å². The average Bonchev–Trinajstić information content (AvgIpc) is 2.77. The topological polar surface area (TPSA) is 59.1 Å². The van der Waals surface area contributed by atoms with E-state index in [9.17, 15) is 8.42 Å². The highest BCUT2D eigenvalue weighted by molar-refractivity contribution is 7.91. The molecule has 7 heteroatoms. The van der Waals surface area contributed by atoms with Crippen molar-refractivity contribution in [2.45, 2.75) is 17.2 Å². The van der Waals surface area contributed by atoms with Gasteiger partial charge >= 0.3 is 0 Å². The lowest BCUT2D eigenvalue weighted by Gasteiger charge is -2.13. The van der Waals surface area contributed by atoms with E-state index in [0.29, 0.717) is 0 Å². The Balaban J connectivity index is 2.19. The van der Waals surface area contributed by atoms with Crippen molar-refractivity contribution < 1.29 is 8.42 Å². The molecule has 0 amide bonds. The molecule has 1 aromatic carbocycles. The van der Waals surface area contributed by atoms with Gasteiger partial charge in [-0.1, -0.05) is 53.3 Å². The van der Waals surface area contributed by atoms with Gasteiger partial charge in [0.05, 0.1) is 6.20 Å². The van der Waals surface area contributed by atoms with Crippen molar-refractivity contribution in [3.63, 3.8) is 0 Å². The summed E-state index contributed by atoms with van der Waals surface area (Å²) in [4.78, 5) is 3.73. The van der Waals surface area contributed by atoms with Gasteiger partial charge < -0.3 is 0 Å². The first-order valence-electron chi connectivity index (χ1n) is 5.17. The van der Waals surface area contributed by atoms with E-state index in [0.717, 1.165) is 16.9 Å². The average molecular weight is 303 g/mol. The number of sulfonamides is 1. The summed E-state index contributed by atoms with van der Waals surface area (Å²) in [5.41, 5.74) is 0.900. The van der Waals surface area contributed by atoms with Gasteiger partial charge in [0.25, 0.3) is 10.0 Å². The number of rotatable bonds is 4. The summed E-state index contributed by atoms with van der Waals surface area (Å²) in [5, 5.41) is 0. The summed E-state index contributed by atoms with van der Waals surface area (Å²) in [6.07, 6.45) is 1.26. The lowest BCUT2D eigenvalue weighted by Crippen LogP contribution is -2.26. The van der Waals surface area contributed by atoms with E-state index in [1.807, 2.05) is 30.3 Å². The van der Waals surface area contributed by atoms with E-state index in [4.69, 9.17) is 11.6 Å². The van der Waals surface area contributed by atoms with Gasteiger partial charge in [-0.05, 0) is 12.5 Å². The largest absolute Gasteiger partial charge is 0.252 e. The highest BCUT2D eigenvalue weighted by atomic mass is 35.5. The van der Waals surface area contributed by atoms with Crippen LogP contribution in [-0.2, 0) is 10.0 Å². The number of halogens is 1. The number of nitrogens with one attached hydrogen (secondary N) is 1. The van der Waals surface area contributed by atoms with Gasteiger partial charge in [-0.3, -0.25) is 0 Å². The van der Waals surface area contributed by atoms with Crippen LogP contribution in [0.25, 0.3) is 0 Å². The van der Waals surface area contributed by atoms with Gasteiger partial charge in [-0.15, -0.1) is 0 Å². The monoisotopic (exact) mass is 302 g/mol. The van der Waals surface area contributed by atoms with Crippen molar-refractivity contribution in [2.24, 2.45) is 0 Å². The van der Waals surface area contributed by atoms with Gasteiger partial charge in [-0.25, -0.2) is 18.1 Å². The van der Waals surface area contributed by atoms with Gasteiger partial charge in [0, 0.05) is 6.04 Å². The predicted molar refractivity (Wildman–Crippen MR) is 72.3 cm³/mol. The summed E-state index contributed by atoms with van der Waals surface area (Å²) in [5.74, 6) is 0. The van der Waals surface area contributed by atoms with Crippen LogP contribution < -0.4 is 4.72 Å². The van der Waals surface area contributed by atoms with Crippen molar-refractivity contribution >= 4 is 33.0 Å². The lowest BCUT2D eigenvalue weighted by molar-refractivity contribution is 0.569. The fraction of sp³-hybridized carbons (Fsp3) is 0.182. The van der Waals surface area contributed by atoms with Crippen LogP contribution in [0.2, 0.25) is 4.47 Å². The third-order valence-corrected chi connectivity index (χ3v) is 5.47. The first-order valence-corrected chi connectivity index (χ1v) is 7.85. The van der Waals surface area contributed by atoms with Crippen LogP contribution in [0.5, 0.6) is 0 Å². The third kappa shape index (κ3) is 3.08. The molecule has 4 nitrogen and oxygen atoms in total. The zero-order chi connectivity index (χ0) is 13.2. The Labute approximate surface area is 115 Å². The maximum atomic E-state index is 12.0. The van der Waals surface area contributed by atoms with Crippen LogP contribution in [0.3, 0.4) is 0 Å². The van der Waals surface area contributed by atoms with Crippen LogP contribution in [0.4, 0.5) is 0 Å².